The van der Waals surface area contributed by atoms with E-state index in [0.29, 0.717) is 37.3 Å². The Bertz CT molecular complexity index is 1260. The van der Waals surface area contributed by atoms with Crippen LogP contribution in [0.3, 0.4) is 0 Å². The van der Waals surface area contributed by atoms with Crippen molar-refractivity contribution in [3.63, 3.8) is 0 Å². The van der Waals surface area contributed by atoms with Crippen LogP contribution in [0.25, 0.3) is 22.0 Å². The van der Waals surface area contributed by atoms with E-state index in [0.717, 1.165) is 5.52 Å². The van der Waals surface area contributed by atoms with Crippen molar-refractivity contribution in [3.05, 3.63) is 85.1 Å². The molecule has 0 aliphatic carbocycles. The molecule has 4 nitrogen and oxygen atoms in total. The molecule has 4 rings (SSSR count). The van der Waals surface area contributed by atoms with Gasteiger partial charge in [-0.15, -0.1) is 11.3 Å². The summed E-state index contributed by atoms with van der Waals surface area (Å²) in [5.74, 6) is 0.127. The molecule has 140 valence electrons. The number of nitrogens with zero attached hydrogens (tertiary/aromatic N) is 1. The van der Waals surface area contributed by atoms with E-state index in [9.17, 15) is 9.59 Å². The molecule has 0 aliphatic rings. The lowest BCUT2D eigenvalue weighted by atomic mass is 10.0. The van der Waals surface area contributed by atoms with Crippen molar-refractivity contribution < 1.29 is 4.79 Å². The van der Waals surface area contributed by atoms with E-state index in [1.807, 2.05) is 30.6 Å². The first kappa shape index (κ1) is 18.7. The maximum atomic E-state index is 13.3. The minimum Gasteiger partial charge on any atom is -0.330 e. The fourth-order valence-electron chi connectivity index (χ4n) is 3.13. The number of hydrogen-bond acceptors (Lipinski definition) is 3. The lowest BCUT2D eigenvalue weighted by Crippen LogP contribution is -2.21. The van der Waals surface area contributed by atoms with Crippen molar-refractivity contribution in [1.82, 2.24) is 4.57 Å². The fraction of sp³-hybridized carbons (Fsp3) is 0.0476. The molecular weight excluding hydrogens is 415 g/mol. The molecule has 0 radical (unpaired) electrons. The minimum absolute atomic E-state index is 0.187. The molecule has 7 heteroatoms. The number of para-hydroxylation sites is 1. The van der Waals surface area contributed by atoms with Gasteiger partial charge in [-0.1, -0.05) is 47.5 Å². The highest BCUT2D eigenvalue weighted by molar-refractivity contribution is 7.12. The Morgan fingerprint density at radius 3 is 2.54 bits per heavy atom. The van der Waals surface area contributed by atoms with Crippen LogP contribution < -0.4 is 10.7 Å². The van der Waals surface area contributed by atoms with Crippen LogP contribution >= 0.6 is 34.5 Å². The Kier molecular flexibility index (Phi) is 4.98. The molecule has 2 aromatic carbocycles. The van der Waals surface area contributed by atoms with E-state index < -0.39 is 0 Å². The highest BCUT2D eigenvalue weighted by atomic mass is 35.5. The predicted octanol–water partition coefficient (Wildman–Crippen LogP) is 5.83. The quantitative estimate of drug-likeness (QED) is 0.446. The first-order valence-electron chi connectivity index (χ1n) is 8.39. The molecule has 1 N–H and O–H groups in total. The molecule has 0 unspecified atom stereocenters. The van der Waals surface area contributed by atoms with Crippen LogP contribution in [0.1, 0.15) is 9.67 Å². The zero-order valence-electron chi connectivity index (χ0n) is 14.7. The Hall–Kier alpha value is -2.60. The summed E-state index contributed by atoms with van der Waals surface area (Å²) in [5.41, 5.74) is 1.48. The predicted molar refractivity (Wildman–Crippen MR) is 117 cm³/mol. The SMILES string of the molecule is Cn1c(NC(=O)c2cccs2)c(-c2ccc(Cl)c(Cl)c2)c(=O)c2ccccc21. The molecule has 0 atom stereocenters. The van der Waals surface area contributed by atoms with E-state index in [1.165, 1.54) is 11.3 Å². The first-order valence-corrected chi connectivity index (χ1v) is 10.0. The average Bonchev–Trinajstić information content (AvgIpc) is 3.23. The number of fused-ring (bicyclic) bond motifs is 1. The van der Waals surface area contributed by atoms with Gasteiger partial charge >= 0.3 is 0 Å². The van der Waals surface area contributed by atoms with Gasteiger partial charge in [-0.05, 0) is 41.3 Å². The van der Waals surface area contributed by atoms with E-state index in [4.69, 9.17) is 23.2 Å². The maximum absolute atomic E-state index is 13.3. The summed E-state index contributed by atoms with van der Waals surface area (Å²) < 4.78 is 1.81. The van der Waals surface area contributed by atoms with Gasteiger partial charge in [0.1, 0.15) is 5.82 Å². The number of amides is 1. The number of hydrogen-bond donors (Lipinski definition) is 1. The van der Waals surface area contributed by atoms with E-state index in [-0.39, 0.29) is 11.3 Å². The van der Waals surface area contributed by atoms with Crippen LogP contribution in [0.5, 0.6) is 0 Å². The van der Waals surface area contributed by atoms with Crippen LogP contribution in [-0.2, 0) is 7.05 Å². The van der Waals surface area contributed by atoms with Crippen LogP contribution in [0.15, 0.2) is 64.8 Å². The maximum Gasteiger partial charge on any atom is 0.266 e. The second-order valence-corrected chi connectivity index (χ2v) is 7.95. The van der Waals surface area contributed by atoms with Gasteiger partial charge in [0.05, 0.1) is 26.0 Å². The van der Waals surface area contributed by atoms with Crippen molar-refractivity contribution >= 4 is 57.2 Å². The van der Waals surface area contributed by atoms with Gasteiger partial charge in [0.25, 0.3) is 5.91 Å². The van der Waals surface area contributed by atoms with Crippen LogP contribution in [0.4, 0.5) is 5.82 Å². The third-order valence-corrected chi connectivity index (χ3v) is 6.10. The third-order valence-electron chi connectivity index (χ3n) is 4.49. The zero-order valence-corrected chi connectivity index (χ0v) is 17.0. The molecule has 2 aromatic heterocycles. The molecule has 1 amide bonds. The molecule has 0 saturated heterocycles. The summed E-state index contributed by atoms with van der Waals surface area (Å²) in [6, 6.07) is 15.8. The van der Waals surface area contributed by atoms with Crippen LogP contribution in [0, 0.1) is 0 Å². The number of carbonyl (C=O) groups is 1. The van der Waals surface area contributed by atoms with Gasteiger partial charge in [-0.25, -0.2) is 0 Å². The number of thiophene rings is 1. The van der Waals surface area contributed by atoms with E-state index >= 15 is 0 Å². The second-order valence-electron chi connectivity index (χ2n) is 6.19. The normalized spacial score (nSPS) is 11.0. The van der Waals surface area contributed by atoms with Crippen molar-refractivity contribution in [3.8, 4) is 11.1 Å². The van der Waals surface area contributed by atoms with Gasteiger partial charge in [0.2, 0.25) is 0 Å². The Morgan fingerprint density at radius 2 is 1.82 bits per heavy atom. The van der Waals surface area contributed by atoms with Gasteiger partial charge < -0.3 is 9.88 Å². The Balaban J connectivity index is 2.00. The standard InChI is InChI=1S/C21H14Cl2N2O2S/c1-25-16-6-3-2-5-13(16)19(26)18(12-8-9-14(22)15(23)11-12)20(25)24-21(27)17-7-4-10-28-17/h2-11H,1H3,(H,24,27). The lowest BCUT2D eigenvalue weighted by molar-refractivity contribution is 0.103. The summed E-state index contributed by atoms with van der Waals surface area (Å²) in [6.07, 6.45) is 0. The first-order chi connectivity index (χ1) is 13.5. The lowest BCUT2D eigenvalue weighted by Gasteiger charge is -2.18. The highest BCUT2D eigenvalue weighted by Gasteiger charge is 2.20. The van der Waals surface area contributed by atoms with Gasteiger partial charge in [0, 0.05) is 12.4 Å². The number of pyridine rings is 1. The molecule has 4 aromatic rings. The molecule has 0 spiro atoms. The number of halogens is 2. The van der Waals surface area contributed by atoms with Crippen LogP contribution in [-0.4, -0.2) is 10.5 Å². The van der Waals surface area contributed by atoms with Crippen molar-refractivity contribution in [1.29, 1.82) is 0 Å². The number of rotatable bonds is 3. The van der Waals surface area contributed by atoms with Gasteiger partial charge in [-0.2, -0.15) is 0 Å². The van der Waals surface area contributed by atoms with Crippen molar-refractivity contribution in [2.24, 2.45) is 7.05 Å². The number of aryl methyl sites for hydroxylation is 1. The summed E-state index contributed by atoms with van der Waals surface area (Å²) in [7, 11) is 1.81. The highest BCUT2D eigenvalue weighted by Crippen LogP contribution is 2.33. The smallest absolute Gasteiger partial charge is 0.266 e. The van der Waals surface area contributed by atoms with Gasteiger partial charge in [0.15, 0.2) is 5.43 Å². The molecule has 28 heavy (non-hydrogen) atoms. The number of anilines is 1. The monoisotopic (exact) mass is 428 g/mol. The van der Waals surface area contributed by atoms with Crippen molar-refractivity contribution in [2.75, 3.05) is 5.32 Å². The second kappa shape index (κ2) is 7.43. The Labute approximate surface area is 175 Å². The molecule has 0 saturated carbocycles. The van der Waals surface area contributed by atoms with E-state index in [1.54, 1.807) is 41.0 Å². The van der Waals surface area contributed by atoms with Gasteiger partial charge in [-0.3, -0.25) is 9.59 Å². The summed E-state index contributed by atoms with van der Waals surface area (Å²) in [5, 5.41) is 6.02. The topological polar surface area (TPSA) is 51.1 Å². The number of nitrogens with one attached hydrogen (secondary N) is 1. The minimum atomic E-state index is -0.276. The van der Waals surface area contributed by atoms with Crippen LogP contribution in [0.2, 0.25) is 10.0 Å². The molecule has 0 aliphatic heterocycles. The molecule has 2 heterocycles. The number of aromatic nitrogens is 1. The summed E-state index contributed by atoms with van der Waals surface area (Å²) in [6.45, 7) is 0. The summed E-state index contributed by atoms with van der Waals surface area (Å²) >= 11 is 13.6. The molecule has 0 bridgehead atoms. The summed E-state index contributed by atoms with van der Waals surface area (Å²) in [4.78, 5) is 26.6. The third kappa shape index (κ3) is 3.22. The van der Waals surface area contributed by atoms with E-state index in [2.05, 4.69) is 5.32 Å². The number of benzene rings is 2. The Morgan fingerprint density at radius 1 is 1.04 bits per heavy atom. The average molecular weight is 429 g/mol. The molecular formula is C21H14Cl2N2O2S. The number of carbonyl (C=O) groups excluding carboxylic acids is 1. The fourth-order valence-corrected chi connectivity index (χ4v) is 4.05. The van der Waals surface area contributed by atoms with Crippen molar-refractivity contribution in [2.45, 2.75) is 0 Å². The largest absolute Gasteiger partial charge is 0.330 e. The zero-order chi connectivity index (χ0) is 19.8. The molecule has 0 fully saturated rings.